The van der Waals surface area contributed by atoms with Gasteiger partial charge in [-0.3, -0.25) is 14.4 Å². The van der Waals surface area contributed by atoms with Crippen molar-refractivity contribution >= 4 is 17.6 Å². The lowest BCUT2D eigenvalue weighted by atomic mass is 10.0. The summed E-state index contributed by atoms with van der Waals surface area (Å²) in [4.78, 5) is 36.3. The van der Waals surface area contributed by atoms with E-state index in [-0.39, 0.29) is 17.7 Å². The average molecular weight is 442 g/mol. The summed E-state index contributed by atoms with van der Waals surface area (Å²) in [6, 6.07) is 13.2. The third kappa shape index (κ3) is 7.16. The molecule has 1 atom stereocenters. The number of carbonyl (C=O) groups is 3. The molecule has 32 heavy (non-hydrogen) atoms. The maximum Gasteiger partial charge on any atom is 0.287 e. The molecule has 0 radical (unpaired) electrons. The highest BCUT2D eigenvalue weighted by Gasteiger charge is 2.28. The summed E-state index contributed by atoms with van der Waals surface area (Å²) < 4.78 is 18.3. The van der Waals surface area contributed by atoms with E-state index in [1.165, 1.54) is 18.2 Å². The Balaban J connectivity index is 0.00000121. The van der Waals surface area contributed by atoms with Gasteiger partial charge >= 0.3 is 0 Å². The van der Waals surface area contributed by atoms with E-state index in [1.54, 1.807) is 36.4 Å². The molecule has 3 rings (SSSR count). The number of Topliss-reactive ketones (excluding diaryl/α,β-unsaturated/α-hetero) is 1. The van der Waals surface area contributed by atoms with Crippen LogP contribution in [0, 0.1) is 5.82 Å². The number of rotatable bonds is 7. The molecule has 3 aromatic rings. The Morgan fingerprint density at radius 3 is 2.28 bits per heavy atom. The van der Waals surface area contributed by atoms with Gasteiger partial charge in [-0.05, 0) is 17.7 Å². The van der Waals surface area contributed by atoms with Gasteiger partial charge in [0.1, 0.15) is 29.4 Å². The summed E-state index contributed by atoms with van der Waals surface area (Å²) in [7, 11) is 0. The van der Waals surface area contributed by atoms with Crippen molar-refractivity contribution in [3.63, 3.8) is 0 Å². The van der Waals surface area contributed by atoms with Gasteiger partial charge in [-0.1, -0.05) is 75.3 Å². The van der Waals surface area contributed by atoms with E-state index < -0.39 is 29.5 Å². The van der Waals surface area contributed by atoms with E-state index in [9.17, 15) is 18.8 Å². The largest absolute Gasteiger partial charge is 0.363 e. The molecule has 0 aliphatic rings. The smallest absolute Gasteiger partial charge is 0.287 e. The standard InChI is InChI=1S/C20H16FN3O4.2C2H6/c21-14-8-4-7-13(10-14)17-15(11-28-24-17)20(27)23-16(18(25)19(22)26)9-12-5-2-1-3-6-12;2*1-2/h1-8,10-11,16H,9H2,(H2,22,26)(H,23,27);2*1-2H3. The van der Waals surface area contributed by atoms with Crippen LogP contribution in [0.15, 0.2) is 65.4 Å². The molecular weight excluding hydrogens is 413 g/mol. The summed E-state index contributed by atoms with van der Waals surface area (Å²) in [6.45, 7) is 8.00. The maximum atomic E-state index is 13.5. The Kier molecular flexibility index (Phi) is 11.1. The molecule has 2 amide bonds. The Labute approximate surface area is 186 Å². The van der Waals surface area contributed by atoms with Crippen molar-refractivity contribution in [1.82, 2.24) is 10.5 Å². The van der Waals surface area contributed by atoms with Crippen LogP contribution >= 0.6 is 0 Å². The molecule has 0 aliphatic carbocycles. The summed E-state index contributed by atoms with van der Waals surface area (Å²) in [5.74, 6) is -3.29. The molecule has 7 nitrogen and oxygen atoms in total. The zero-order valence-electron chi connectivity index (χ0n) is 18.6. The van der Waals surface area contributed by atoms with E-state index >= 15 is 0 Å². The third-order valence-corrected chi connectivity index (χ3v) is 4.06. The first-order valence-corrected chi connectivity index (χ1v) is 10.3. The van der Waals surface area contributed by atoms with Crippen molar-refractivity contribution in [2.75, 3.05) is 0 Å². The van der Waals surface area contributed by atoms with Gasteiger partial charge in [0, 0.05) is 12.0 Å². The molecule has 1 unspecified atom stereocenters. The van der Waals surface area contributed by atoms with Crippen molar-refractivity contribution in [1.29, 1.82) is 0 Å². The molecule has 3 N–H and O–H groups in total. The minimum atomic E-state index is -1.16. The van der Waals surface area contributed by atoms with Crippen molar-refractivity contribution in [2.24, 2.45) is 5.73 Å². The van der Waals surface area contributed by atoms with Gasteiger partial charge in [0.05, 0.1) is 0 Å². The number of primary amides is 1. The fourth-order valence-electron chi connectivity index (χ4n) is 2.71. The van der Waals surface area contributed by atoms with E-state index in [0.29, 0.717) is 5.56 Å². The Morgan fingerprint density at radius 2 is 1.69 bits per heavy atom. The SMILES string of the molecule is CC.CC.NC(=O)C(=O)C(Cc1ccccc1)NC(=O)c1conc1-c1cccc(F)c1. The number of benzene rings is 2. The summed E-state index contributed by atoms with van der Waals surface area (Å²) in [5, 5.41) is 6.23. The van der Waals surface area contributed by atoms with Crippen LogP contribution in [-0.2, 0) is 16.0 Å². The number of nitrogens with two attached hydrogens (primary N) is 1. The second-order valence-electron chi connectivity index (χ2n) is 6.03. The second-order valence-corrected chi connectivity index (χ2v) is 6.03. The summed E-state index contributed by atoms with van der Waals surface area (Å²) >= 11 is 0. The Bertz CT molecular complexity index is 1020. The lowest BCUT2D eigenvalue weighted by molar-refractivity contribution is -0.137. The quantitative estimate of drug-likeness (QED) is 0.539. The van der Waals surface area contributed by atoms with Crippen LogP contribution in [-0.4, -0.2) is 28.8 Å². The third-order valence-electron chi connectivity index (χ3n) is 4.06. The number of ketones is 1. The first-order chi connectivity index (χ1) is 15.5. The van der Waals surface area contributed by atoms with Crippen LogP contribution in [0.3, 0.4) is 0 Å². The topological polar surface area (TPSA) is 115 Å². The first kappa shape index (κ1) is 26.2. The minimum absolute atomic E-state index is 0.000863. The highest BCUT2D eigenvalue weighted by Crippen LogP contribution is 2.23. The zero-order valence-corrected chi connectivity index (χ0v) is 18.6. The molecule has 0 aliphatic heterocycles. The molecular formula is C24H28FN3O4. The number of amides is 2. The average Bonchev–Trinajstić information content (AvgIpc) is 3.32. The molecule has 0 spiro atoms. The highest BCUT2D eigenvalue weighted by atomic mass is 19.1. The molecule has 1 aromatic heterocycles. The molecule has 170 valence electrons. The second kappa shape index (κ2) is 13.5. The van der Waals surface area contributed by atoms with Crippen molar-refractivity contribution < 1.29 is 23.3 Å². The zero-order chi connectivity index (χ0) is 24.1. The van der Waals surface area contributed by atoms with Gasteiger partial charge in [-0.25, -0.2) is 4.39 Å². The maximum absolute atomic E-state index is 13.5. The van der Waals surface area contributed by atoms with E-state index in [2.05, 4.69) is 10.5 Å². The minimum Gasteiger partial charge on any atom is -0.363 e. The van der Waals surface area contributed by atoms with Crippen LogP contribution in [0.5, 0.6) is 0 Å². The molecule has 0 saturated carbocycles. The molecule has 0 fully saturated rings. The van der Waals surface area contributed by atoms with Gasteiger partial charge in [0.2, 0.25) is 5.78 Å². The number of nitrogens with one attached hydrogen (secondary N) is 1. The lowest BCUT2D eigenvalue weighted by Gasteiger charge is -2.16. The highest BCUT2D eigenvalue weighted by molar-refractivity contribution is 6.38. The van der Waals surface area contributed by atoms with E-state index in [0.717, 1.165) is 11.8 Å². The van der Waals surface area contributed by atoms with E-state index in [1.807, 2.05) is 27.7 Å². The fraction of sp³-hybridized carbons (Fsp3) is 0.250. The fourth-order valence-corrected chi connectivity index (χ4v) is 2.71. The lowest BCUT2D eigenvalue weighted by Crippen LogP contribution is -2.47. The van der Waals surface area contributed by atoms with Gasteiger partial charge in [0.15, 0.2) is 0 Å². The Morgan fingerprint density at radius 1 is 1.03 bits per heavy atom. The number of hydrogen-bond acceptors (Lipinski definition) is 5. The van der Waals surface area contributed by atoms with Crippen molar-refractivity contribution in [2.45, 2.75) is 40.2 Å². The molecule has 2 aromatic carbocycles. The van der Waals surface area contributed by atoms with Gasteiger partial charge < -0.3 is 15.6 Å². The number of nitrogens with zero attached hydrogens (tertiary/aromatic N) is 1. The number of hydrogen-bond donors (Lipinski definition) is 2. The van der Waals surface area contributed by atoms with Crippen LogP contribution in [0.2, 0.25) is 0 Å². The van der Waals surface area contributed by atoms with Crippen molar-refractivity contribution in [3.05, 3.63) is 77.8 Å². The predicted octanol–water partition coefficient (Wildman–Crippen LogP) is 3.93. The molecule has 1 heterocycles. The monoisotopic (exact) mass is 441 g/mol. The van der Waals surface area contributed by atoms with Crippen LogP contribution in [0.1, 0.15) is 43.6 Å². The van der Waals surface area contributed by atoms with Crippen LogP contribution in [0.25, 0.3) is 11.3 Å². The van der Waals surface area contributed by atoms with Crippen LogP contribution < -0.4 is 11.1 Å². The normalized spacial score (nSPS) is 10.5. The van der Waals surface area contributed by atoms with E-state index in [4.69, 9.17) is 10.3 Å². The number of aromatic nitrogens is 1. The number of carbonyl (C=O) groups excluding carboxylic acids is 3. The number of halogens is 1. The molecule has 8 heteroatoms. The first-order valence-electron chi connectivity index (χ1n) is 10.3. The molecule has 0 bridgehead atoms. The molecule has 0 saturated heterocycles. The van der Waals surface area contributed by atoms with Gasteiger partial charge in [-0.2, -0.15) is 0 Å². The predicted molar refractivity (Wildman–Crippen MR) is 120 cm³/mol. The summed E-state index contributed by atoms with van der Waals surface area (Å²) in [6.07, 6.45) is 1.17. The Hall–Kier alpha value is -3.81. The van der Waals surface area contributed by atoms with Crippen molar-refractivity contribution in [3.8, 4) is 11.3 Å². The van der Waals surface area contributed by atoms with Gasteiger partial charge in [0.25, 0.3) is 11.8 Å². The van der Waals surface area contributed by atoms with Gasteiger partial charge in [-0.15, -0.1) is 0 Å². The summed E-state index contributed by atoms with van der Waals surface area (Å²) in [5.41, 5.74) is 6.29. The van der Waals surface area contributed by atoms with Crippen LogP contribution in [0.4, 0.5) is 4.39 Å².